The normalized spacial score (nSPS) is 28.6. The zero-order chi connectivity index (χ0) is 14.3. The number of halogens is 1. The molecule has 0 amide bonds. The molecule has 0 aliphatic carbocycles. The van der Waals surface area contributed by atoms with Gasteiger partial charge >= 0.3 is 0 Å². The molecule has 6 heteroatoms. The molecule has 112 valence electrons. The van der Waals surface area contributed by atoms with E-state index in [9.17, 15) is 0 Å². The lowest BCUT2D eigenvalue weighted by molar-refractivity contribution is -0.0591. The summed E-state index contributed by atoms with van der Waals surface area (Å²) in [5, 5.41) is 4.42. The third-order valence-electron chi connectivity index (χ3n) is 4.58. The van der Waals surface area contributed by atoms with Crippen LogP contribution in [-0.2, 0) is 18.2 Å². The molecule has 2 aliphatic heterocycles. The predicted molar refractivity (Wildman–Crippen MR) is 81.7 cm³/mol. The third-order valence-corrected chi connectivity index (χ3v) is 5.62. The van der Waals surface area contributed by atoms with Crippen molar-refractivity contribution in [2.45, 2.75) is 44.4 Å². The minimum absolute atomic E-state index is 0.0163. The van der Waals surface area contributed by atoms with E-state index in [1.165, 1.54) is 19.4 Å². The summed E-state index contributed by atoms with van der Waals surface area (Å²) in [7, 11) is 1.97. The molecule has 0 radical (unpaired) electrons. The third kappa shape index (κ3) is 2.66. The maximum absolute atomic E-state index is 6.40. The van der Waals surface area contributed by atoms with Gasteiger partial charge in [-0.05, 0) is 42.2 Å². The van der Waals surface area contributed by atoms with Gasteiger partial charge in [0.15, 0.2) is 0 Å². The molecule has 20 heavy (non-hydrogen) atoms. The molecule has 5 nitrogen and oxygen atoms in total. The lowest BCUT2D eigenvalue weighted by Crippen LogP contribution is -2.53. The van der Waals surface area contributed by atoms with Crippen LogP contribution in [0.15, 0.2) is 4.47 Å². The molecule has 3 atom stereocenters. The van der Waals surface area contributed by atoms with Crippen LogP contribution in [0.3, 0.4) is 0 Å². The fourth-order valence-corrected chi connectivity index (χ4v) is 3.86. The molecule has 2 N–H and O–H groups in total. The number of nitrogens with zero attached hydrogens (tertiary/aromatic N) is 3. The van der Waals surface area contributed by atoms with Crippen LogP contribution in [0.1, 0.15) is 24.2 Å². The first kappa shape index (κ1) is 14.5. The van der Waals surface area contributed by atoms with Crippen molar-refractivity contribution in [2.75, 3.05) is 19.7 Å². The van der Waals surface area contributed by atoms with Crippen molar-refractivity contribution < 1.29 is 4.74 Å². The Kier molecular flexibility index (Phi) is 4.17. The number of fused-ring (bicyclic) bond motifs is 1. The van der Waals surface area contributed by atoms with Crippen LogP contribution >= 0.6 is 15.9 Å². The number of morpholine rings is 1. The van der Waals surface area contributed by atoms with Gasteiger partial charge in [0.1, 0.15) is 0 Å². The fourth-order valence-electron chi connectivity index (χ4n) is 3.36. The Hall–Kier alpha value is -0.430. The number of hydrogen-bond donors (Lipinski definition) is 1. The minimum Gasteiger partial charge on any atom is -0.374 e. The largest absolute Gasteiger partial charge is 0.374 e. The highest BCUT2D eigenvalue weighted by molar-refractivity contribution is 9.10. The van der Waals surface area contributed by atoms with Crippen LogP contribution in [0, 0.1) is 6.92 Å². The first-order valence-electron chi connectivity index (χ1n) is 7.35. The Morgan fingerprint density at radius 3 is 3.05 bits per heavy atom. The summed E-state index contributed by atoms with van der Waals surface area (Å²) in [6, 6.07) is 0.645. The molecule has 3 rings (SSSR count). The van der Waals surface area contributed by atoms with Gasteiger partial charge in [0, 0.05) is 32.1 Å². The molecule has 2 saturated heterocycles. The molecule has 2 fully saturated rings. The Bertz CT molecular complexity index is 490. The van der Waals surface area contributed by atoms with Crippen molar-refractivity contribution in [3.05, 3.63) is 15.9 Å². The van der Waals surface area contributed by atoms with Gasteiger partial charge in [-0.2, -0.15) is 5.10 Å². The van der Waals surface area contributed by atoms with E-state index in [-0.39, 0.29) is 12.1 Å². The second kappa shape index (κ2) is 5.75. The van der Waals surface area contributed by atoms with Gasteiger partial charge in [0.05, 0.1) is 28.6 Å². The van der Waals surface area contributed by atoms with E-state index in [1.807, 2.05) is 18.7 Å². The van der Waals surface area contributed by atoms with Crippen molar-refractivity contribution in [3.8, 4) is 0 Å². The second-order valence-corrected chi connectivity index (χ2v) is 6.79. The van der Waals surface area contributed by atoms with Crippen LogP contribution in [0.4, 0.5) is 0 Å². The quantitative estimate of drug-likeness (QED) is 0.897. The first-order chi connectivity index (χ1) is 9.56. The lowest BCUT2D eigenvalue weighted by Gasteiger charge is -2.37. The number of aromatic nitrogens is 2. The van der Waals surface area contributed by atoms with E-state index in [1.54, 1.807) is 0 Å². The number of ether oxygens (including phenoxy) is 1. The zero-order valence-electron chi connectivity index (χ0n) is 12.2. The highest BCUT2D eigenvalue weighted by atomic mass is 79.9. The molecular formula is C14H23BrN4O. The van der Waals surface area contributed by atoms with Gasteiger partial charge in [-0.15, -0.1) is 0 Å². The Balaban J connectivity index is 1.65. The predicted octanol–water partition coefficient (Wildman–Crippen LogP) is 1.22. The van der Waals surface area contributed by atoms with Gasteiger partial charge in [0.2, 0.25) is 0 Å². The Morgan fingerprint density at radius 2 is 2.35 bits per heavy atom. The first-order valence-corrected chi connectivity index (χ1v) is 8.14. The average Bonchev–Trinajstić information content (AvgIpc) is 2.98. The molecule has 3 unspecified atom stereocenters. The monoisotopic (exact) mass is 342 g/mol. The van der Waals surface area contributed by atoms with E-state index < -0.39 is 0 Å². The molecule has 0 aromatic carbocycles. The maximum atomic E-state index is 6.40. The van der Waals surface area contributed by atoms with E-state index in [0.717, 1.165) is 35.4 Å². The molecule has 2 aliphatic rings. The van der Waals surface area contributed by atoms with Gasteiger partial charge in [-0.3, -0.25) is 9.58 Å². The molecular weight excluding hydrogens is 320 g/mol. The van der Waals surface area contributed by atoms with Crippen LogP contribution in [-0.4, -0.2) is 52.6 Å². The lowest BCUT2D eigenvalue weighted by atomic mass is 10.0. The smallest absolute Gasteiger partial charge is 0.0857 e. The standard InChI is InChI=1S/C14H23BrN4O/c1-9-14(15)12(18(2)17-9)6-11(16)13-7-19-5-3-4-10(19)8-20-13/h10-11,13H,3-8,16H2,1-2H3. The molecule has 1 aromatic heterocycles. The Morgan fingerprint density at radius 1 is 1.55 bits per heavy atom. The number of hydrogen-bond acceptors (Lipinski definition) is 4. The van der Waals surface area contributed by atoms with Crippen molar-refractivity contribution in [2.24, 2.45) is 12.8 Å². The number of nitrogens with two attached hydrogens (primary N) is 1. The number of aryl methyl sites for hydroxylation is 2. The van der Waals surface area contributed by atoms with Crippen LogP contribution in [0.2, 0.25) is 0 Å². The van der Waals surface area contributed by atoms with Gasteiger partial charge in [-0.1, -0.05) is 0 Å². The summed E-state index contributed by atoms with van der Waals surface area (Å²) in [4.78, 5) is 2.54. The summed E-state index contributed by atoms with van der Waals surface area (Å²) in [5.74, 6) is 0. The highest BCUT2D eigenvalue weighted by Gasteiger charge is 2.35. The SMILES string of the molecule is Cc1nn(C)c(CC(N)C2CN3CCCC3CO2)c1Br. The van der Waals surface area contributed by atoms with Crippen LogP contribution in [0.25, 0.3) is 0 Å². The Labute approximate surface area is 128 Å². The summed E-state index contributed by atoms with van der Waals surface area (Å²) in [5.41, 5.74) is 8.56. The van der Waals surface area contributed by atoms with Gasteiger partial charge in [0.25, 0.3) is 0 Å². The summed E-state index contributed by atoms with van der Waals surface area (Å²) >= 11 is 3.61. The van der Waals surface area contributed by atoms with E-state index in [0.29, 0.717) is 6.04 Å². The van der Waals surface area contributed by atoms with Crippen molar-refractivity contribution >= 4 is 15.9 Å². The van der Waals surface area contributed by atoms with E-state index in [4.69, 9.17) is 10.5 Å². The highest BCUT2D eigenvalue weighted by Crippen LogP contribution is 2.26. The summed E-state index contributed by atoms with van der Waals surface area (Å²) < 4.78 is 8.99. The van der Waals surface area contributed by atoms with Crippen LogP contribution < -0.4 is 5.73 Å². The number of rotatable bonds is 3. The van der Waals surface area contributed by atoms with Crippen molar-refractivity contribution in [3.63, 3.8) is 0 Å². The van der Waals surface area contributed by atoms with Crippen molar-refractivity contribution in [1.82, 2.24) is 14.7 Å². The van der Waals surface area contributed by atoms with Gasteiger partial charge in [-0.25, -0.2) is 0 Å². The van der Waals surface area contributed by atoms with Crippen molar-refractivity contribution in [1.29, 1.82) is 0 Å². The summed E-state index contributed by atoms with van der Waals surface area (Å²) in [6.45, 7) is 5.01. The molecule has 0 bridgehead atoms. The molecule has 0 saturated carbocycles. The van der Waals surface area contributed by atoms with Gasteiger partial charge < -0.3 is 10.5 Å². The summed E-state index contributed by atoms with van der Waals surface area (Å²) in [6.07, 6.45) is 3.49. The molecule has 1 aromatic rings. The topological polar surface area (TPSA) is 56.3 Å². The fraction of sp³-hybridized carbons (Fsp3) is 0.786. The van der Waals surface area contributed by atoms with Crippen LogP contribution in [0.5, 0.6) is 0 Å². The zero-order valence-corrected chi connectivity index (χ0v) is 13.8. The average molecular weight is 343 g/mol. The molecule has 0 spiro atoms. The maximum Gasteiger partial charge on any atom is 0.0857 e. The minimum atomic E-state index is 0.0163. The van der Waals surface area contributed by atoms with E-state index >= 15 is 0 Å². The molecule has 3 heterocycles. The van der Waals surface area contributed by atoms with E-state index in [2.05, 4.69) is 25.9 Å². The second-order valence-electron chi connectivity index (χ2n) is 6.00.